The maximum Gasteiger partial charge on any atom is 0.314 e. The van der Waals surface area contributed by atoms with Crippen molar-refractivity contribution in [2.24, 2.45) is 5.92 Å². The number of piperidine rings is 2. The molecule has 274 valence electrons. The number of carboxylic acids is 1. The Kier molecular flexibility index (Phi) is 9.32. The van der Waals surface area contributed by atoms with Crippen molar-refractivity contribution in [3.8, 4) is 17.0 Å². The fraction of sp³-hybridized carbons (Fsp3) is 0.526. The summed E-state index contributed by atoms with van der Waals surface area (Å²) >= 11 is 0. The first kappa shape index (κ1) is 34.1. The topological polar surface area (TPSA) is 174 Å². The van der Waals surface area contributed by atoms with Crippen LogP contribution in [-0.2, 0) is 4.79 Å². The fourth-order valence-corrected chi connectivity index (χ4v) is 8.94. The van der Waals surface area contributed by atoms with Crippen molar-refractivity contribution in [1.82, 2.24) is 30.2 Å². The Morgan fingerprint density at radius 1 is 0.885 bits per heavy atom. The number of hydrogen-bond donors (Lipinski definition) is 3. The molecule has 4 aliphatic rings. The van der Waals surface area contributed by atoms with Gasteiger partial charge in [0.05, 0.1) is 11.4 Å². The van der Waals surface area contributed by atoms with E-state index in [9.17, 15) is 15.0 Å². The van der Waals surface area contributed by atoms with Gasteiger partial charge in [-0.2, -0.15) is 0 Å². The molecular formula is C38H48N10O4. The minimum atomic E-state index is -0.878. The van der Waals surface area contributed by atoms with Crippen LogP contribution < -0.4 is 20.4 Å². The molecule has 1 aromatic carbocycles. The molecule has 0 spiro atoms. The summed E-state index contributed by atoms with van der Waals surface area (Å²) in [7, 11) is 0. The van der Waals surface area contributed by atoms with Crippen LogP contribution in [0.25, 0.3) is 11.3 Å². The molecule has 52 heavy (non-hydrogen) atoms. The quantitative estimate of drug-likeness (QED) is 0.218. The molecule has 14 nitrogen and oxygen atoms in total. The molecule has 4 fully saturated rings. The zero-order valence-electron chi connectivity index (χ0n) is 29.9. The lowest BCUT2D eigenvalue weighted by Crippen LogP contribution is -2.54. The standard InChI is InChI=1S/C38H48N10O4/c1-23(2)35(37(50)51)33-18-34(44-52-33)46-15-11-26(12-16-46)45-13-9-24(10-14-45)25-19-40-38(41-20-25)48-27-7-8-28(48)22-47(21-27)31-17-30(42-43-36(31)39)29-5-3-4-6-32(29)49/h3-6,17-20,23-24,26-28,35,49H,7-16,21-22H2,1-2H3,(H2,39,43)(H,50,51). The number of phenols is 1. The molecule has 14 heteroatoms. The Bertz CT molecular complexity index is 1860. The summed E-state index contributed by atoms with van der Waals surface area (Å²) in [6.07, 6.45) is 10.5. The lowest BCUT2D eigenvalue weighted by Gasteiger charge is -2.42. The van der Waals surface area contributed by atoms with Gasteiger partial charge >= 0.3 is 5.97 Å². The van der Waals surface area contributed by atoms with Crippen LogP contribution in [0.1, 0.15) is 75.5 Å². The van der Waals surface area contributed by atoms with E-state index in [-0.39, 0.29) is 23.8 Å². The molecule has 3 aromatic heterocycles. The number of para-hydroxylation sites is 1. The Morgan fingerprint density at radius 3 is 2.23 bits per heavy atom. The van der Waals surface area contributed by atoms with Gasteiger partial charge in [-0.15, -0.1) is 10.2 Å². The summed E-state index contributed by atoms with van der Waals surface area (Å²) in [6, 6.07) is 12.0. The molecule has 3 atom stereocenters. The van der Waals surface area contributed by atoms with Gasteiger partial charge in [0.2, 0.25) is 5.95 Å². The van der Waals surface area contributed by atoms with Gasteiger partial charge in [-0.3, -0.25) is 4.79 Å². The molecule has 4 N–H and O–H groups in total. The van der Waals surface area contributed by atoms with E-state index >= 15 is 0 Å². The molecule has 4 aliphatic heterocycles. The first-order chi connectivity index (χ1) is 25.2. The van der Waals surface area contributed by atoms with Crippen LogP contribution in [0.2, 0.25) is 0 Å². The maximum absolute atomic E-state index is 11.7. The zero-order valence-corrected chi connectivity index (χ0v) is 29.9. The zero-order chi connectivity index (χ0) is 35.9. The molecule has 2 bridgehead atoms. The van der Waals surface area contributed by atoms with Crippen molar-refractivity contribution >= 4 is 29.2 Å². The van der Waals surface area contributed by atoms with Crippen molar-refractivity contribution in [2.45, 2.75) is 82.3 Å². The Morgan fingerprint density at radius 2 is 1.58 bits per heavy atom. The third-order valence-electron chi connectivity index (χ3n) is 11.8. The highest BCUT2D eigenvalue weighted by molar-refractivity contribution is 5.76. The molecule has 0 amide bonds. The van der Waals surface area contributed by atoms with E-state index in [2.05, 4.69) is 47.3 Å². The van der Waals surface area contributed by atoms with E-state index in [0.717, 1.165) is 95.2 Å². The first-order valence-electron chi connectivity index (χ1n) is 18.7. The average molecular weight is 709 g/mol. The number of nitrogens with two attached hydrogens (primary N) is 1. The minimum absolute atomic E-state index is 0.0707. The number of carboxylic acid groups (broad SMARTS) is 1. The number of phenolic OH excluding ortho intramolecular Hbond substituents is 1. The lowest BCUT2D eigenvalue weighted by atomic mass is 9.89. The summed E-state index contributed by atoms with van der Waals surface area (Å²) in [5.41, 5.74) is 9.65. The molecular weight excluding hydrogens is 660 g/mol. The summed E-state index contributed by atoms with van der Waals surface area (Å²) in [4.78, 5) is 31.2. The van der Waals surface area contributed by atoms with Crippen LogP contribution in [0.3, 0.4) is 0 Å². The highest BCUT2D eigenvalue weighted by atomic mass is 16.5. The summed E-state index contributed by atoms with van der Waals surface area (Å²) in [6.45, 7) is 9.24. The van der Waals surface area contributed by atoms with E-state index in [1.807, 2.05) is 38.1 Å². The number of aliphatic carboxylic acids is 1. The third-order valence-corrected chi connectivity index (χ3v) is 11.8. The molecule has 4 saturated heterocycles. The Labute approximate surface area is 303 Å². The van der Waals surface area contributed by atoms with E-state index in [4.69, 9.17) is 20.2 Å². The average Bonchev–Trinajstić information content (AvgIpc) is 3.73. The van der Waals surface area contributed by atoms with E-state index in [1.165, 1.54) is 5.56 Å². The van der Waals surface area contributed by atoms with Crippen molar-refractivity contribution in [1.29, 1.82) is 0 Å². The van der Waals surface area contributed by atoms with Crippen LogP contribution in [0.4, 0.5) is 23.3 Å². The van der Waals surface area contributed by atoms with Crippen molar-refractivity contribution in [3.05, 3.63) is 60.1 Å². The minimum Gasteiger partial charge on any atom is -0.507 e. The largest absolute Gasteiger partial charge is 0.507 e. The van der Waals surface area contributed by atoms with Crippen LogP contribution >= 0.6 is 0 Å². The monoisotopic (exact) mass is 708 g/mol. The van der Waals surface area contributed by atoms with E-state index in [1.54, 1.807) is 12.1 Å². The number of carbonyl (C=O) groups is 1. The Hall–Kier alpha value is -4.98. The number of aromatic hydroxyl groups is 1. The molecule has 0 aliphatic carbocycles. The number of nitrogens with zero attached hydrogens (tertiary/aromatic N) is 9. The van der Waals surface area contributed by atoms with Crippen molar-refractivity contribution in [2.75, 3.05) is 59.7 Å². The number of aromatic nitrogens is 5. The van der Waals surface area contributed by atoms with Crippen LogP contribution in [-0.4, -0.2) is 104 Å². The molecule has 4 aromatic rings. The van der Waals surface area contributed by atoms with Gasteiger partial charge in [0, 0.05) is 68.3 Å². The van der Waals surface area contributed by atoms with Crippen LogP contribution in [0.5, 0.6) is 5.75 Å². The highest BCUT2D eigenvalue weighted by Crippen LogP contribution is 2.39. The molecule has 0 saturated carbocycles. The van der Waals surface area contributed by atoms with Gasteiger partial charge in [0.1, 0.15) is 11.7 Å². The van der Waals surface area contributed by atoms with Gasteiger partial charge in [0.25, 0.3) is 0 Å². The molecule has 0 radical (unpaired) electrons. The number of fused-ring (bicyclic) bond motifs is 2. The van der Waals surface area contributed by atoms with E-state index in [0.29, 0.717) is 34.8 Å². The third kappa shape index (κ3) is 6.59. The predicted molar refractivity (Wildman–Crippen MR) is 198 cm³/mol. The number of hydrogen-bond acceptors (Lipinski definition) is 13. The second-order valence-corrected chi connectivity index (χ2v) is 15.2. The van der Waals surface area contributed by atoms with Gasteiger partial charge < -0.3 is 40.1 Å². The number of rotatable bonds is 9. The van der Waals surface area contributed by atoms with E-state index < -0.39 is 11.9 Å². The molecule has 8 rings (SSSR count). The van der Waals surface area contributed by atoms with Crippen LogP contribution in [0, 0.1) is 5.92 Å². The smallest absolute Gasteiger partial charge is 0.314 e. The first-order valence-corrected chi connectivity index (χ1v) is 18.7. The summed E-state index contributed by atoms with van der Waals surface area (Å²) in [5.74, 6) is 1.36. The maximum atomic E-state index is 11.7. The Balaban J connectivity index is 0.843. The summed E-state index contributed by atoms with van der Waals surface area (Å²) in [5, 5.41) is 32.8. The van der Waals surface area contributed by atoms with Gasteiger partial charge in [-0.05, 0) is 87.2 Å². The molecule has 3 unspecified atom stereocenters. The van der Waals surface area contributed by atoms with Crippen molar-refractivity contribution in [3.63, 3.8) is 0 Å². The predicted octanol–water partition coefficient (Wildman–Crippen LogP) is 4.74. The number of anilines is 4. The second-order valence-electron chi connectivity index (χ2n) is 15.2. The number of piperazine rings is 1. The number of benzene rings is 1. The van der Waals surface area contributed by atoms with Gasteiger partial charge in [-0.1, -0.05) is 31.1 Å². The fourth-order valence-electron chi connectivity index (χ4n) is 8.94. The van der Waals surface area contributed by atoms with Gasteiger partial charge in [-0.25, -0.2) is 9.97 Å². The normalized spacial score (nSPS) is 22.3. The second kappa shape index (κ2) is 14.2. The van der Waals surface area contributed by atoms with Crippen molar-refractivity contribution < 1.29 is 19.5 Å². The SMILES string of the molecule is CC(C)C(C(=O)O)c1cc(N2CCC(N3CCC(c4cnc(N5C6CCC5CN(c5cc(-c7ccccc7O)nnc5N)C6)nc4)CC3)CC2)no1. The van der Waals surface area contributed by atoms with Gasteiger partial charge in [0.15, 0.2) is 17.4 Å². The summed E-state index contributed by atoms with van der Waals surface area (Å²) < 4.78 is 5.49. The molecule has 7 heterocycles. The van der Waals surface area contributed by atoms with Crippen LogP contribution in [0.15, 0.2) is 53.3 Å². The lowest BCUT2D eigenvalue weighted by molar-refractivity contribution is -0.140. The number of likely N-dealkylation sites (tertiary alicyclic amines) is 1. The highest BCUT2D eigenvalue weighted by Gasteiger charge is 2.42. The number of nitrogen functional groups attached to an aromatic ring is 1.